The number of halogens is 3. The third-order valence-corrected chi connectivity index (χ3v) is 9.87. The van der Waals surface area contributed by atoms with Crippen LogP contribution >= 0.6 is 11.6 Å². The number of hydrogen-bond acceptors (Lipinski definition) is 7. The topological polar surface area (TPSA) is 118 Å². The average Bonchev–Trinajstić information content (AvgIpc) is 3.69. The maximum atomic E-state index is 15.5. The molecule has 3 amide bonds. The Morgan fingerprint density at radius 1 is 1.00 bits per heavy atom. The molecule has 3 heterocycles. The molecule has 15 heteroatoms. The predicted octanol–water partition coefficient (Wildman–Crippen LogP) is 5.35. The first kappa shape index (κ1) is 38.6. The predicted molar refractivity (Wildman–Crippen MR) is 195 cm³/mol. The van der Waals surface area contributed by atoms with Gasteiger partial charge in [-0.05, 0) is 64.7 Å². The molecule has 0 saturated carbocycles. The molecule has 0 bridgehead atoms. The lowest BCUT2D eigenvalue weighted by Crippen LogP contribution is -2.52. The van der Waals surface area contributed by atoms with Crippen LogP contribution in [0.15, 0.2) is 42.7 Å². The largest absolute Gasteiger partial charge is 0.383 e. The summed E-state index contributed by atoms with van der Waals surface area (Å²) in [7, 11) is 7.08. The van der Waals surface area contributed by atoms with Crippen LogP contribution in [0.2, 0.25) is 5.02 Å². The molecule has 1 aliphatic heterocycles. The molecule has 4 aromatic rings. The standard InChI is InChI=1S/C37H45ClF2N8O4/c1-7-24(12-13-44(3)4)36(50)46-14-16-47(17-15-46)37(51)27-9-8-25(20-30(27)38)43-35(49)34-41-22-31(45(34)5)28-11-10-26(32(39)33(28)40)29-21-42-48(23(29)2)18-19-52-6/h8-11,20-22,24H,7,12-19H2,1-6H3,(H,43,49). The molecule has 1 N–H and O–H groups in total. The summed E-state index contributed by atoms with van der Waals surface area (Å²) < 4.78 is 39.1. The monoisotopic (exact) mass is 738 g/mol. The van der Waals surface area contributed by atoms with Gasteiger partial charge in [-0.15, -0.1) is 0 Å². The highest BCUT2D eigenvalue weighted by molar-refractivity contribution is 6.34. The molecule has 12 nitrogen and oxygen atoms in total. The Morgan fingerprint density at radius 2 is 1.67 bits per heavy atom. The van der Waals surface area contributed by atoms with Gasteiger partial charge in [-0.2, -0.15) is 5.10 Å². The van der Waals surface area contributed by atoms with Crippen LogP contribution in [0.25, 0.3) is 22.4 Å². The molecule has 1 saturated heterocycles. The Hall–Kier alpha value is -4.66. The van der Waals surface area contributed by atoms with Crippen LogP contribution in [0.5, 0.6) is 0 Å². The van der Waals surface area contributed by atoms with Crippen molar-refractivity contribution in [2.45, 2.75) is 33.2 Å². The number of anilines is 1. The first-order valence-corrected chi connectivity index (χ1v) is 17.6. The van der Waals surface area contributed by atoms with E-state index in [1.165, 1.54) is 42.2 Å². The summed E-state index contributed by atoms with van der Waals surface area (Å²) in [6, 6.07) is 7.49. The minimum atomic E-state index is -1.08. The number of piperazine rings is 1. The number of amides is 3. The van der Waals surface area contributed by atoms with Gasteiger partial charge in [0.25, 0.3) is 11.8 Å². The van der Waals surface area contributed by atoms with Crippen molar-refractivity contribution >= 4 is 35.0 Å². The molecular formula is C37H45ClF2N8O4. The number of ether oxygens (including phenoxy) is 1. The SMILES string of the molecule is CCC(CCN(C)C)C(=O)N1CCN(C(=O)c2ccc(NC(=O)c3ncc(-c4ccc(-c5cnn(CCOC)c5C)c(F)c4F)n3C)cc2Cl)CC1. The molecule has 0 spiro atoms. The molecule has 1 atom stereocenters. The van der Waals surface area contributed by atoms with Crippen molar-refractivity contribution in [2.24, 2.45) is 13.0 Å². The van der Waals surface area contributed by atoms with Crippen LogP contribution in [0, 0.1) is 24.5 Å². The molecule has 0 radical (unpaired) electrons. The fourth-order valence-corrected chi connectivity index (χ4v) is 6.63. The maximum Gasteiger partial charge on any atom is 0.291 e. The zero-order chi connectivity index (χ0) is 37.7. The van der Waals surface area contributed by atoms with Gasteiger partial charge < -0.3 is 29.3 Å². The van der Waals surface area contributed by atoms with Crippen LogP contribution in [-0.4, -0.2) is 112 Å². The Kier molecular flexibility index (Phi) is 12.4. The molecular weight excluding hydrogens is 694 g/mol. The first-order valence-electron chi connectivity index (χ1n) is 17.2. The van der Waals surface area contributed by atoms with Gasteiger partial charge in [0.1, 0.15) is 0 Å². The fraction of sp³-hybridized carbons (Fsp3) is 0.432. The van der Waals surface area contributed by atoms with Gasteiger partial charge in [0.05, 0.1) is 41.8 Å². The van der Waals surface area contributed by atoms with Crippen molar-refractivity contribution in [1.82, 2.24) is 34.0 Å². The van der Waals surface area contributed by atoms with Crippen LogP contribution < -0.4 is 5.32 Å². The second-order valence-electron chi connectivity index (χ2n) is 13.1. The zero-order valence-corrected chi connectivity index (χ0v) is 31.1. The van der Waals surface area contributed by atoms with E-state index in [2.05, 4.69) is 20.3 Å². The number of benzene rings is 2. The molecule has 1 unspecified atom stereocenters. The van der Waals surface area contributed by atoms with Crippen LogP contribution in [0.4, 0.5) is 14.5 Å². The van der Waals surface area contributed by atoms with Crippen molar-refractivity contribution in [3.63, 3.8) is 0 Å². The van der Waals surface area contributed by atoms with Crippen molar-refractivity contribution in [3.05, 3.63) is 76.5 Å². The number of nitrogens with zero attached hydrogens (tertiary/aromatic N) is 7. The number of methoxy groups -OCH3 is 1. The van der Waals surface area contributed by atoms with Gasteiger partial charge in [0.2, 0.25) is 5.91 Å². The number of hydrogen-bond donors (Lipinski definition) is 1. The van der Waals surface area contributed by atoms with Crippen LogP contribution in [0.3, 0.4) is 0 Å². The first-order chi connectivity index (χ1) is 24.9. The lowest BCUT2D eigenvalue weighted by molar-refractivity contribution is -0.137. The molecule has 2 aromatic heterocycles. The van der Waals surface area contributed by atoms with E-state index in [9.17, 15) is 14.4 Å². The summed E-state index contributed by atoms with van der Waals surface area (Å²) >= 11 is 6.53. The van der Waals surface area contributed by atoms with E-state index in [1.807, 2.05) is 25.9 Å². The smallest absolute Gasteiger partial charge is 0.291 e. The highest BCUT2D eigenvalue weighted by atomic mass is 35.5. The Balaban J connectivity index is 1.23. The molecule has 1 fully saturated rings. The quantitative estimate of drug-likeness (QED) is 0.197. The van der Waals surface area contributed by atoms with E-state index in [0.29, 0.717) is 56.3 Å². The summed E-state index contributed by atoms with van der Waals surface area (Å²) in [6.45, 7) is 7.19. The van der Waals surface area contributed by atoms with Gasteiger partial charge in [-0.1, -0.05) is 24.6 Å². The number of carbonyl (C=O) groups is 3. The average molecular weight is 739 g/mol. The van der Waals surface area contributed by atoms with Gasteiger partial charge >= 0.3 is 0 Å². The second-order valence-corrected chi connectivity index (χ2v) is 13.5. The van der Waals surface area contributed by atoms with Crippen LogP contribution in [-0.2, 0) is 23.1 Å². The summed E-state index contributed by atoms with van der Waals surface area (Å²) in [6.07, 6.45) is 4.35. The van der Waals surface area contributed by atoms with E-state index < -0.39 is 17.5 Å². The van der Waals surface area contributed by atoms with Crippen molar-refractivity contribution in [1.29, 1.82) is 0 Å². The molecule has 5 rings (SSSR count). The van der Waals surface area contributed by atoms with Gasteiger partial charge in [-0.3, -0.25) is 19.1 Å². The minimum absolute atomic E-state index is 0.0478. The van der Waals surface area contributed by atoms with E-state index in [-0.39, 0.29) is 51.0 Å². The lowest BCUT2D eigenvalue weighted by atomic mass is 10.00. The maximum absolute atomic E-state index is 15.5. The third kappa shape index (κ3) is 8.19. The van der Waals surface area contributed by atoms with E-state index in [4.69, 9.17) is 16.3 Å². The normalized spacial score (nSPS) is 13.9. The zero-order valence-electron chi connectivity index (χ0n) is 30.4. The number of rotatable bonds is 13. The van der Waals surface area contributed by atoms with Gasteiger partial charge in [-0.25, -0.2) is 13.8 Å². The van der Waals surface area contributed by atoms with Crippen molar-refractivity contribution in [3.8, 4) is 22.4 Å². The highest BCUT2D eigenvalue weighted by Gasteiger charge is 2.29. The summed E-state index contributed by atoms with van der Waals surface area (Å²) in [4.78, 5) is 49.5. The molecule has 52 heavy (non-hydrogen) atoms. The van der Waals surface area contributed by atoms with Gasteiger partial charge in [0, 0.05) is 74.3 Å². The van der Waals surface area contributed by atoms with E-state index >= 15 is 8.78 Å². The number of aromatic nitrogens is 4. The molecule has 1 aliphatic rings. The minimum Gasteiger partial charge on any atom is -0.383 e. The number of imidazole rings is 1. The summed E-state index contributed by atoms with van der Waals surface area (Å²) in [5.74, 6) is -2.98. The van der Waals surface area contributed by atoms with Crippen LogP contribution in [0.1, 0.15) is 46.4 Å². The van der Waals surface area contributed by atoms with E-state index in [1.54, 1.807) is 35.7 Å². The highest BCUT2D eigenvalue weighted by Crippen LogP contribution is 2.33. The molecule has 278 valence electrons. The second kappa shape index (κ2) is 16.8. The fourth-order valence-electron chi connectivity index (χ4n) is 6.37. The molecule has 0 aliphatic carbocycles. The van der Waals surface area contributed by atoms with E-state index in [0.717, 1.165) is 19.4 Å². The number of nitrogens with one attached hydrogen (secondary N) is 1. The lowest BCUT2D eigenvalue weighted by Gasteiger charge is -2.36. The summed E-state index contributed by atoms with van der Waals surface area (Å²) in [5, 5.41) is 7.13. The Labute approximate surface area is 307 Å². The third-order valence-electron chi connectivity index (χ3n) is 9.55. The summed E-state index contributed by atoms with van der Waals surface area (Å²) in [5.41, 5.74) is 1.91. The Bertz CT molecular complexity index is 1940. The van der Waals surface area contributed by atoms with Crippen molar-refractivity contribution in [2.75, 3.05) is 65.9 Å². The van der Waals surface area contributed by atoms with Crippen molar-refractivity contribution < 1.29 is 27.9 Å². The number of carbonyl (C=O) groups excluding carboxylic acids is 3. The molecule has 2 aromatic carbocycles. The van der Waals surface area contributed by atoms with Gasteiger partial charge in [0.15, 0.2) is 17.5 Å². The Morgan fingerprint density at radius 3 is 2.33 bits per heavy atom.